The minimum Gasteiger partial charge on any atom is -0.391 e. The van der Waals surface area contributed by atoms with E-state index < -0.39 is 6.10 Å². The van der Waals surface area contributed by atoms with Crippen LogP contribution in [0.25, 0.3) is 21.6 Å². The number of halogens is 1. The average Bonchev–Trinajstić information content (AvgIpc) is 3.77. The fourth-order valence-electron chi connectivity index (χ4n) is 6.29. The largest absolute Gasteiger partial charge is 0.391 e. The predicted molar refractivity (Wildman–Crippen MR) is 167 cm³/mol. The van der Waals surface area contributed by atoms with E-state index in [1.165, 1.54) is 22.3 Å². The summed E-state index contributed by atoms with van der Waals surface area (Å²) in [5.41, 5.74) is 14.5. The maximum absolute atomic E-state index is 11.3. The molecule has 3 N–H and O–H groups in total. The van der Waals surface area contributed by atoms with Gasteiger partial charge in [-0.3, -0.25) is 4.90 Å². The highest BCUT2D eigenvalue weighted by molar-refractivity contribution is 7.13. The van der Waals surface area contributed by atoms with Crippen molar-refractivity contribution in [3.05, 3.63) is 92.0 Å². The zero-order valence-electron chi connectivity index (χ0n) is 22.5. The van der Waals surface area contributed by atoms with Crippen LogP contribution in [-0.4, -0.2) is 48.7 Å². The molecule has 2 fully saturated rings. The number of anilines is 1. The van der Waals surface area contributed by atoms with Crippen molar-refractivity contribution in [2.24, 2.45) is 0 Å². The van der Waals surface area contributed by atoms with Crippen LogP contribution in [0.15, 0.2) is 69.9 Å². The molecule has 0 radical (unpaired) electrons. The molecule has 5 aromatic rings. The second-order valence-corrected chi connectivity index (χ2v) is 13.0. The van der Waals surface area contributed by atoms with Crippen LogP contribution < -0.4 is 5.73 Å². The molecule has 0 amide bonds. The lowest BCUT2D eigenvalue weighted by Gasteiger charge is -2.29. The van der Waals surface area contributed by atoms with Crippen LogP contribution in [0.3, 0.4) is 0 Å². The lowest BCUT2D eigenvalue weighted by atomic mass is 9.96. The number of nitrogens with two attached hydrogens (primary N) is 1. The van der Waals surface area contributed by atoms with E-state index in [-0.39, 0.29) is 11.3 Å². The lowest BCUT2D eigenvalue weighted by Crippen LogP contribution is -2.30. The number of aromatic nitrogens is 4. The molecule has 5 heterocycles. The first-order valence-electron chi connectivity index (χ1n) is 14.0. The van der Waals surface area contributed by atoms with Crippen LogP contribution in [0.1, 0.15) is 48.5 Å². The minimum atomic E-state index is -0.510. The van der Waals surface area contributed by atoms with Crippen LogP contribution in [-0.2, 0) is 13.0 Å². The van der Waals surface area contributed by atoms with Gasteiger partial charge in [-0.05, 0) is 65.2 Å². The summed E-state index contributed by atoms with van der Waals surface area (Å²) in [6.45, 7) is 3.13. The van der Waals surface area contributed by atoms with Crippen molar-refractivity contribution < 1.29 is 5.11 Å². The Bertz CT molecular complexity index is 1700. The monoisotopic (exact) mass is 602 g/mol. The number of aliphatic hydroxyl groups is 1. The Hall–Kier alpha value is -3.08. The van der Waals surface area contributed by atoms with Gasteiger partial charge in [0.15, 0.2) is 0 Å². The first kappa shape index (κ1) is 26.8. The number of likely N-dealkylation sites (tertiary alicyclic amines) is 1. The van der Waals surface area contributed by atoms with Crippen LogP contribution in [0, 0.1) is 0 Å². The molecule has 7 nitrogen and oxygen atoms in total. The molecule has 210 valence electrons. The van der Waals surface area contributed by atoms with Gasteiger partial charge in [0, 0.05) is 43.2 Å². The number of fused-ring (bicyclic) bond motifs is 1. The average molecular weight is 603 g/mol. The van der Waals surface area contributed by atoms with E-state index in [0.29, 0.717) is 17.9 Å². The molecule has 1 aromatic carbocycles. The molecule has 7 rings (SSSR count). The van der Waals surface area contributed by atoms with Crippen molar-refractivity contribution in [2.45, 2.75) is 50.8 Å². The van der Waals surface area contributed by atoms with E-state index in [1.54, 1.807) is 22.7 Å². The normalized spacial score (nSPS) is 20.0. The van der Waals surface area contributed by atoms with E-state index in [4.69, 9.17) is 22.3 Å². The predicted octanol–water partition coefficient (Wildman–Crippen LogP) is 6.73. The third-order valence-corrected chi connectivity index (χ3v) is 10.2. The standard InChI is InChI=1S/C31H31ClN6OS2/c32-31-35-28(33)27-24(30-34-23(18-41-30)12-19-4-2-1-3-5-19)16-38(29(27)36-31)25-13-22(14-26(25)39)21-6-9-37(10-7-21)15-20-8-11-40-17-20/h1-5,8,11,16-18,25-26,39H,6-7,9-10,12-15H2,(H2,33,35,36)/t25-,26-/m1/s1. The molecule has 1 saturated carbocycles. The Kier molecular flexibility index (Phi) is 7.39. The molecule has 1 saturated heterocycles. The Labute approximate surface area is 252 Å². The van der Waals surface area contributed by atoms with Crippen LogP contribution in [0.5, 0.6) is 0 Å². The highest BCUT2D eigenvalue weighted by atomic mass is 35.5. The molecular formula is C31H31ClN6OS2. The summed E-state index contributed by atoms with van der Waals surface area (Å²) in [6, 6.07) is 12.4. The maximum Gasteiger partial charge on any atom is 0.226 e. The fourth-order valence-corrected chi connectivity index (χ4v) is 7.95. The smallest absolute Gasteiger partial charge is 0.226 e. The topological polar surface area (TPSA) is 93.1 Å². The van der Waals surface area contributed by atoms with Gasteiger partial charge in [-0.15, -0.1) is 11.3 Å². The molecule has 0 unspecified atom stereocenters. The highest BCUT2D eigenvalue weighted by Gasteiger charge is 2.35. The SMILES string of the molecule is Nc1nc(Cl)nc2c1c(-c1nc(Cc3ccccc3)cs1)cn2[C@@H]1CC(=C2CCN(Cc3ccsc3)CC2)C[C@H]1O. The summed E-state index contributed by atoms with van der Waals surface area (Å²) in [4.78, 5) is 16.3. The molecule has 41 heavy (non-hydrogen) atoms. The third-order valence-electron chi connectivity index (χ3n) is 8.34. The van der Waals surface area contributed by atoms with E-state index >= 15 is 0 Å². The number of nitrogens with zero attached hydrogens (tertiary/aromatic N) is 5. The number of nitrogen functional groups attached to an aromatic ring is 1. The van der Waals surface area contributed by atoms with Crippen molar-refractivity contribution in [3.8, 4) is 10.6 Å². The van der Waals surface area contributed by atoms with Gasteiger partial charge >= 0.3 is 0 Å². The second kappa shape index (κ2) is 11.3. The van der Waals surface area contributed by atoms with Gasteiger partial charge in [0.2, 0.25) is 5.28 Å². The number of hydrogen-bond donors (Lipinski definition) is 2. The summed E-state index contributed by atoms with van der Waals surface area (Å²) in [5, 5.41) is 19.5. The van der Waals surface area contributed by atoms with Gasteiger partial charge in [0.05, 0.1) is 23.2 Å². The van der Waals surface area contributed by atoms with Gasteiger partial charge in [0.1, 0.15) is 16.5 Å². The van der Waals surface area contributed by atoms with E-state index in [9.17, 15) is 5.11 Å². The third kappa shape index (κ3) is 5.45. The fraction of sp³-hybridized carbons (Fsp3) is 0.323. The molecule has 2 atom stereocenters. The van der Waals surface area contributed by atoms with E-state index in [2.05, 4.69) is 53.8 Å². The number of hydrogen-bond acceptors (Lipinski definition) is 8. The summed E-state index contributed by atoms with van der Waals surface area (Å²) in [7, 11) is 0. The highest BCUT2D eigenvalue weighted by Crippen LogP contribution is 2.43. The van der Waals surface area contributed by atoms with Crippen molar-refractivity contribution in [3.63, 3.8) is 0 Å². The molecule has 0 spiro atoms. The Morgan fingerprint density at radius 2 is 1.80 bits per heavy atom. The van der Waals surface area contributed by atoms with Crippen LogP contribution >= 0.6 is 34.3 Å². The van der Waals surface area contributed by atoms with Crippen LogP contribution in [0.2, 0.25) is 5.28 Å². The number of thiazole rings is 1. The summed E-state index contributed by atoms with van der Waals surface area (Å²) in [5.74, 6) is 0.331. The zero-order valence-corrected chi connectivity index (χ0v) is 24.9. The molecule has 4 aromatic heterocycles. The lowest BCUT2D eigenvalue weighted by molar-refractivity contribution is 0.139. The molecule has 1 aliphatic heterocycles. The van der Waals surface area contributed by atoms with E-state index in [0.717, 1.165) is 67.0 Å². The maximum atomic E-state index is 11.3. The Morgan fingerprint density at radius 1 is 0.976 bits per heavy atom. The Balaban J connectivity index is 1.16. The van der Waals surface area contributed by atoms with E-state index in [1.807, 2.05) is 24.4 Å². The van der Waals surface area contributed by atoms with Crippen LogP contribution in [0.4, 0.5) is 5.82 Å². The number of thiophene rings is 1. The molecule has 0 bridgehead atoms. The number of piperidine rings is 1. The number of benzene rings is 1. The summed E-state index contributed by atoms with van der Waals surface area (Å²) < 4.78 is 2.07. The number of aliphatic hydroxyl groups excluding tert-OH is 1. The van der Waals surface area contributed by atoms with Gasteiger partial charge in [0.25, 0.3) is 0 Å². The number of rotatable bonds is 6. The van der Waals surface area contributed by atoms with Gasteiger partial charge in [-0.1, -0.05) is 41.5 Å². The minimum absolute atomic E-state index is 0.105. The summed E-state index contributed by atoms with van der Waals surface area (Å²) >= 11 is 9.64. The van der Waals surface area contributed by atoms with Crippen molar-refractivity contribution in [2.75, 3.05) is 18.8 Å². The molecular weight excluding hydrogens is 572 g/mol. The molecule has 2 aliphatic rings. The van der Waals surface area contributed by atoms with Gasteiger partial charge in [-0.2, -0.15) is 16.3 Å². The zero-order chi connectivity index (χ0) is 27.9. The second-order valence-electron chi connectivity index (χ2n) is 11.0. The van der Waals surface area contributed by atoms with Gasteiger partial charge in [-0.25, -0.2) is 9.97 Å². The first-order valence-corrected chi connectivity index (χ1v) is 16.2. The van der Waals surface area contributed by atoms with Gasteiger partial charge < -0.3 is 15.4 Å². The summed E-state index contributed by atoms with van der Waals surface area (Å²) in [6.07, 6.45) is 5.89. The van der Waals surface area contributed by atoms with Crippen molar-refractivity contribution in [1.82, 2.24) is 24.4 Å². The first-order chi connectivity index (χ1) is 20.0. The Morgan fingerprint density at radius 3 is 2.59 bits per heavy atom. The van der Waals surface area contributed by atoms with Crippen molar-refractivity contribution in [1.29, 1.82) is 0 Å². The molecule has 1 aliphatic carbocycles. The molecule has 10 heteroatoms. The van der Waals surface area contributed by atoms with Crippen molar-refractivity contribution >= 4 is 51.1 Å². The quantitative estimate of drug-likeness (QED) is 0.165.